The Morgan fingerprint density at radius 3 is 2.61 bits per heavy atom. The van der Waals surface area contributed by atoms with Gasteiger partial charge in [0.2, 0.25) is 0 Å². The predicted octanol–water partition coefficient (Wildman–Crippen LogP) is 4.35. The zero-order chi connectivity index (χ0) is 12.8. The Hall–Kier alpha value is -0.960. The first-order valence-electron chi connectivity index (χ1n) is 5.89. The molecule has 0 radical (unpaired) electrons. The van der Waals surface area contributed by atoms with Crippen molar-refractivity contribution < 1.29 is 0 Å². The molecule has 2 aromatic rings. The topological polar surface area (TPSA) is 12.0 Å². The molecule has 0 aliphatic carbocycles. The summed E-state index contributed by atoms with van der Waals surface area (Å²) >= 11 is 7.81. The Balaban J connectivity index is 1.99. The minimum atomic E-state index is 0.803. The van der Waals surface area contributed by atoms with E-state index in [2.05, 4.69) is 35.6 Å². The summed E-state index contributed by atoms with van der Waals surface area (Å²) in [7, 11) is 1.96. The molecule has 0 saturated carbocycles. The van der Waals surface area contributed by atoms with Crippen LogP contribution in [0, 0.1) is 0 Å². The van der Waals surface area contributed by atoms with Crippen molar-refractivity contribution in [1.82, 2.24) is 5.32 Å². The average molecular weight is 278 g/mol. The van der Waals surface area contributed by atoms with Crippen molar-refractivity contribution >= 4 is 23.4 Å². The van der Waals surface area contributed by atoms with Crippen LogP contribution in [-0.2, 0) is 12.3 Å². The highest BCUT2D eigenvalue weighted by atomic mass is 35.5. The number of halogens is 1. The predicted molar refractivity (Wildman–Crippen MR) is 80.2 cm³/mol. The van der Waals surface area contributed by atoms with Gasteiger partial charge >= 0.3 is 0 Å². The molecular weight excluding hydrogens is 262 g/mol. The molecule has 0 heterocycles. The van der Waals surface area contributed by atoms with Crippen LogP contribution >= 0.6 is 23.4 Å². The summed E-state index contributed by atoms with van der Waals surface area (Å²) in [6, 6.07) is 16.6. The van der Waals surface area contributed by atoms with Crippen LogP contribution in [0.4, 0.5) is 0 Å². The van der Waals surface area contributed by atoms with Crippen molar-refractivity contribution in [3.05, 3.63) is 64.7 Å². The molecule has 2 rings (SSSR count). The van der Waals surface area contributed by atoms with Gasteiger partial charge in [0.05, 0.1) is 0 Å². The third kappa shape index (κ3) is 4.05. The van der Waals surface area contributed by atoms with E-state index in [9.17, 15) is 0 Å². The van der Waals surface area contributed by atoms with Gasteiger partial charge in [-0.05, 0) is 42.4 Å². The van der Waals surface area contributed by atoms with E-state index >= 15 is 0 Å². The van der Waals surface area contributed by atoms with Gasteiger partial charge in [-0.1, -0.05) is 35.9 Å². The van der Waals surface area contributed by atoms with Crippen LogP contribution < -0.4 is 5.32 Å². The van der Waals surface area contributed by atoms with Crippen molar-refractivity contribution in [3.8, 4) is 0 Å². The Morgan fingerprint density at radius 1 is 1.06 bits per heavy atom. The van der Waals surface area contributed by atoms with E-state index in [-0.39, 0.29) is 0 Å². The molecule has 0 amide bonds. The molecule has 18 heavy (non-hydrogen) atoms. The number of rotatable bonds is 5. The van der Waals surface area contributed by atoms with Crippen LogP contribution in [0.15, 0.2) is 53.4 Å². The lowest BCUT2D eigenvalue weighted by Gasteiger charge is -2.05. The summed E-state index contributed by atoms with van der Waals surface area (Å²) in [6.45, 7) is 0.908. The van der Waals surface area contributed by atoms with Crippen molar-refractivity contribution in [2.75, 3.05) is 7.05 Å². The minimum Gasteiger partial charge on any atom is -0.316 e. The molecule has 0 unspecified atom stereocenters. The van der Waals surface area contributed by atoms with Crippen molar-refractivity contribution in [3.63, 3.8) is 0 Å². The first kappa shape index (κ1) is 13.5. The van der Waals surface area contributed by atoms with Crippen LogP contribution in [0.5, 0.6) is 0 Å². The van der Waals surface area contributed by atoms with Gasteiger partial charge in [-0.2, -0.15) is 0 Å². The lowest BCUT2D eigenvalue weighted by atomic mass is 10.2. The van der Waals surface area contributed by atoms with E-state index in [0.29, 0.717) is 0 Å². The van der Waals surface area contributed by atoms with Gasteiger partial charge in [0, 0.05) is 22.2 Å². The standard InChI is InChI=1S/C15H16ClNS/c1-17-10-12-4-3-7-15(9-12)18-11-13-5-2-6-14(16)8-13/h2-9,17H,10-11H2,1H3. The van der Waals surface area contributed by atoms with E-state index in [1.54, 1.807) is 0 Å². The number of hydrogen-bond donors (Lipinski definition) is 1. The SMILES string of the molecule is CNCc1cccc(SCc2cccc(Cl)c2)c1. The van der Waals surface area contributed by atoms with Crippen LogP contribution in [0.25, 0.3) is 0 Å². The maximum absolute atomic E-state index is 5.98. The molecule has 94 valence electrons. The van der Waals surface area contributed by atoms with Gasteiger partial charge in [0.1, 0.15) is 0 Å². The summed E-state index contributed by atoms with van der Waals surface area (Å²) < 4.78 is 0. The van der Waals surface area contributed by atoms with E-state index in [0.717, 1.165) is 17.3 Å². The van der Waals surface area contributed by atoms with Crippen LogP contribution in [0.1, 0.15) is 11.1 Å². The molecule has 0 aromatic heterocycles. The molecule has 0 saturated heterocycles. The fraction of sp³-hybridized carbons (Fsp3) is 0.200. The van der Waals surface area contributed by atoms with Gasteiger partial charge < -0.3 is 5.32 Å². The number of hydrogen-bond acceptors (Lipinski definition) is 2. The fourth-order valence-corrected chi connectivity index (χ4v) is 2.88. The number of nitrogens with one attached hydrogen (secondary N) is 1. The molecule has 1 nitrogen and oxygen atoms in total. The Kier molecular flexibility index (Phi) is 5.12. The minimum absolute atomic E-state index is 0.803. The Bertz CT molecular complexity index is 513. The highest BCUT2D eigenvalue weighted by Gasteiger charge is 1.99. The molecule has 0 aliphatic rings. The summed E-state index contributed by atoms with van der Waals surface area (Å²) in [4.78, 5) is 1.29. The van der Waals surface area contributed by atoms with Gasteiger partial charge in [0.25, 0.3) is 0 Å². The quantitative estimate of drug-likeness (QED) is 0.816. The molecule has 0 aliphatic heterocycles. The molecular formula is C15H16ClNS. The zero-order valence-electron chi connectivity index (χ0n) is 10.3. The number of benzene rings is 2. The van der Waals surface area contributed by atoms with Gasteiger partial charge in [-0.25, -0.2) is 0 Å². The molecule has 0 atom stereocenters. The van der Waals surface area contributed by atoms with E-state index in [1.165, 1.54) is 16.0 Å². The molecule has 2 aromatic carbocycles. The fourth-order valence-electron chi connectivity index (χ4n) is 1.74. The lowest BCUT2D eigenvalue weighted by molar-refractivity contribution is 0.815. The average Bonchev–Trinajstić information content (AvgIpc) is 2.37. The van der Waals surface area contributed by atoms with Crippen molar-refractivity contribution in [1.29, 1.82) is 0 Å². The molecule has 1 N–H and O–H groups in total. The van der Waals surface area contributed by atoms with Crippen LogP contribution in [-0.4, -0.2) is 7.05 Å². The Labute approximate surface area is 118 Å². The van der Waals surface area contributed by atoms with Gasteiger partial charge in [-0.3, -0.25) is 0 Å². The molecule has 0 spiro atoms. The lowest BCUT2D eigenvalue weighted by Crippen LogP contribution is -2.04. The second kappa shape index (κ2) is 6.83. The van der Waals surface area contributed by atoms with Crippen molar-refractivity contribution in [2.45, 2.75) is 17.2 Å². The highest BCUT2D eigenvalue weighted by molar-refractivity contribution is 7.98. The van der Waals surface area contributed by atoms with E-state index < -0.39 is 0 Å². The number of thioether (sulfide) groups is 1. The summed E-state index contributed by atoms with van der Waals surface area (Å²) in [6.07, 6.45) is 0. The highest BCUT2D eigenvalue weighted by Crippen LogP contribution is 2.24. The molecule has 3 heteroatoms. The first-order valence-corrected chi connectivity index (χ1v) is 7.25. The third-order valence-electron chi connectivity index (χ3n) is 2.57. The van der Waals surface area contributed by atoms with Crippen LogP contribution in [0.2, 0.25) is 5.02 Å². The first-order chi connectivity index (χ1) is 8.78. The third-order valence-corrected chi connectivity index (χ3v) is 3.87. The van der Waals surface area contributed by atoms with Crippen molar-refractivity contribution in [2.24, 2.45) is 0 Å². The molecule has 0 bridgehead atoms. The van der Waals surface area contributed by atoms with E-state index in [4.69, 9.17) is 11.6 Å². The second-order valence-corrected chi connectivity index (χ2v) is 5.58. The van der Waals surface area contributed by atoms with Gasteiger partial charge in [0.15, 0.2) is 0 Å². The maximum Gasteiger partial charge on any atom is 0.0409 e. The largest absolute Gasteiger partial charge is 0.316 e. The van der Waals surface area contributed by atoms with Crippen LogP contribution in [0.3, 0.4) is 0 Å². The Morgan fingerprint density at radius 2 is 1.83 bits per heavy atom. The maximum atomic E-state index is 5.98. The normalized spacial score (nSPS) is 10.6. The second-order valence-electron chi connectivity index (χ2n) is 4.10. The summed E-state index contributed by atoms with van der Waals surface area (Å²) in [5.41, 5.74) is 2.57. The van der Waals surface area contributed by atoms with E-state index in [1.807, 2.05) is 37.0 Å². The summed E-state index contributed by atoms with van der Waals surface area (Å²) in [5, 5.41) is 3.97. The molecule has 0 fully saturated rings. The summed E-state index contributed by atoms with van der Waals surface area (Å²) in [5.74, 6) is 0.948. The monoisotopic (exact) mass is 277 g/mol. The van der Waals surface area contributed by atoms with Gasteiger partial charge in [-0.15, -0.1) is 11.8 Å². The smallest absolute Gasteiger partial charge is 0.0409 e. The zero-order valence-corrected chi connectivity index (χ0v) is 11.9.